The molecule has 0 aromatic carbocycles. The van der Waals surface area contributed by atoms with Crippen molar-refractivity contribution < 1.29 is 0 Å². The molecule has 0 amide bonds. The van der Waals surface area contributed by atoms with Crippen molar-refractivity contribution in [2.24, 2.45) is 0 Å². The van der Waals surface area contributed by atoms with Gasteiger partial charge in [-0.15, -0.1) is 0 Å². The molecule has 0 aliphatic rings. The van der Waals surface area contributed by atoms with Gasteiger partial charge in [0.15, 0.2) is 0 Å². The molecule has 0 atom stereocenters. The molecule has 0 aliphatic heterocycles. The fourth-order valence-corrected chi connectivity index (χ4v) is 1.34. The number of anilines is 2. The van der Waals surface area contributed by atoms with Gasteiger partial charge in [-0.3, -0.25) is 0 Å². The zero-order chi connectivity index (χ0) is 12.3. The van der Waals surface area contributed by atoms with E-state index in [0.717, 1.165) is 11.6 Å². The molecular weight excluding hydrogens is 198 g/mol. The van der Waals surface area contributed by atoms with Gasteiger partial charge in [-0.1, -0.05) is 6.07 Å². The Bertz CT molecular complexity index is 339. The number of pyridine rings is 1. The number of rotatable bonds is 3. The van der Waals surface area contributed by atoms with Crippen LogP contribution in [0, 0.1) is 0 Å². The van der Waals surface area contributed by atoms with E-state index in [1.54, 1.807) is 0 Å². The third-order valence-electron chi connectivity index (χ3n) is 2.37. The molecule has 16 heavy (non-hydrogen) atoms. The van der Waals surface area contributed by atoms with Crippen LogP contribution in [0.1, 0.15) is 34.6 Å². The first-order chi connectivity index (χ1) is 7.29. The Labute approximate surface area is 98.9 Å². The van der Waals surface area contributed by atoms with Gasteiger partial charge in [0.2, 0.25) is 0 Å². The molecule has 0 spiro atoms. The monoisotopic (exact) mass is 221 g/mol. The zero-order valence-corrected chi connectivity index (χ0v) is 11.2. The van der Waals surface area contributed by atoms with Crippen LogP contribution < -0.4 is 10.2 Å². The van der Waals surface area contributed by atoms with Gasteiger partial charge in [0, 0.05) is 18.6 Å². The molecular formula is C13H23N3. The van der Waals surface area contributed by atoms with Gasteiger partial charge in [0.05, 0.1) is 0 Å². The van der Waals surface area contributed by atoms with E-state index in [0.29, 0.717) is 6.04 Å². The maximum atomic E-state index is 4.59. The summed E-state index contributed by atoms with van der Waals surface area (Å²) in [5, 5.41) is 3.38. The topological polar surface area (TPSA) is 28.2 Å². The molecule has 0 radical (unpaired) electrons. The van der Waals surface area contributed by atoms with E-state index in [1.807, 2.05) is 18.2 Å². The summed E-state index contributed by atoms with van der Waals surface area (Å²) in [6.45, 7) is 10.7. The molecule has 0 bridgehead atoms. The van der Waals surface area contributed by atoms with Crippen LogP contribution in [-0.2, 0) is 0 Å². The Hall–Kier alpha value is -1.25. The molecule has 0 unspecified atom stereocenters. The van der Waals surface area contributed by atoms with Gasteiger partial charge < -0.3 is 10.2 Å². The molecule has 3 nitrogen and oxygen atoms in total. The van der Waals surface area contributed by atoms with Crippen LogP contribution >= 0.6 is 0 Å². The summed E-state index contributed by atoms with van der Waals surface area (Å²) in [6, 6.07) is 6.53. The summed E-state index contributed by atoms with van der Waals surface area (Å²) in [5.74, 6) is 1.93. The highest BCUT2D eigenvalue weighted by Gasteiger charge is 2.11. The second-order valence-corrected chi connectivity index (χ2v) is 5.46. The SMILES string of the molecule is CC(C)N(C)c1cccc(NC(C)(C)C)n1. The van der Waals surface area contributed by atoms with E-state index in [4.69, 9.17) is 0 Å². The fourth-order valence-electron chi connectivity index (χ4n) is 1.34. The van der Waals surface area contributed by atoms with Crippen LogP contribution in [0.2, 0.25) is 0 Å². The minimum Gasteiger partial charge on any atom is -0.365 e. The van der Waals surface area contributed by atoms with Crippen molar-refractivity contribution in [3.05, 3.63) is 18.2 Å². The molecule has 1 heterocycles. The van der Waals surface area contributed by atoms with Crippen molar-refractivity contribution in [3.63, 3.8) is 0 Å². The van der Waals surface area contributed by atoms with Crippen LogP contribution in [-0.4, -0.2) is 23.6 Å². The van der Waals surface area contributed by atoms with Crippen LogP contribution in [0.3, 0.4) is 0 Å². The first-order valence-electron chi connectivity index (χ1n) is 5.77. The molecule has 1 aromatic rings. The Morgan fingerprint density at radius 3 is 2.38 bits per heavy atom. The molecule has 3 heteroatoms. The highest BCUT2D eigenvalue weighted by atomic mass is 15.2. The molecule has 0 saturated heterocycles. The average Bonchev–Trinajstić information content (AvgIpc) is 2.14. The number of nitrogens with one attached hydrogen (secondary N) is 1. The summed E-state index contributed by atoms with van der Waals surface area (Å²) in [6.07, 6.45) is 0. The number of aromatic nitrogens is 1. The molecule has 0 aliphatic carbocycles. The minimum atomic E-state index is 0.0437. The van der Waals surface area contributed by atoms with Crippen LogP contribution in [0.5, 0.6) is 0 Å². The standard InChI is InChI=1S/C13H23N3/c1-10(2)16(6)12-9-7-8-11(14-12)15-13(3,4)5/h7-10H,1-6H3,(H,14,15). The fraction of sp³-hybridized carbons (Fsp3) is 0.615. The third-order valence-corrected chi connectivity index (χ3v) is 2.37. The number of nitrogens with zero attached hydrogens (tertiary/aromatic N) is 2. The Kier molecular flexibility index (Phi) is 3.79. The third kappa shape index (κ3) is 3.72. The first-order valence-corrected chi connectivity index (χ1v) is 5.77. The van der Waals surface area contributed by atoms with Gasteiger partial charge in [-0.25, -0.2) is 4.98 Å². The van der Waals surface area contributed by atoms with Crippen LogP contribution in [0.25, 0.3) is 0 Å². The van der Waals surface area contributed by atoms with Crippen molar-refractivity contribution in [1.29, 1.82) is 0 Å². The average molecular weight is 221 g/mol. The molecule has 0 fully saturated rings. The quantitative estimate of drug-likeness (QED) is 0.850. The predicted molar refractivity (Wildman–Crippen MR) is 71.2 cm³/mol. The van der Waals surface area contributed by atoms with E-state index in [-0.39, 0.29) is 5.54 Å². The van der Waals surface area contributed by atoms with Gasteiger partial charge in [0.25, 0.3) is 0 Å². The Morgan fingerprint density at radius 1 is 1.25 bits per heavy atom. The van der Waals surface area contributed by atoms with E-state index in [1.165, 1.54) is 0 Å². The summed E-state index contributed by atoms with van der Waals surface area (Å²) in [4.78, 5) is 6.75. The second kappa shape index (κ2) is 4.73. The normalized spacial score (nSPS) is 11.7. The van der Waals surface area contributed by atoms with Crippen molar-refractivity contribution in [2.45, 2.75) is 46.2 Å². The van der Waals surface area contributed by atoms with Crippen molar-refractivity contribution in [2.75, 3.05) is 17.3 Å². The van der Waals surface area contributed by atoms with E-state index < -0.39 is 0 Å². The predicted octanol–water partition coefficient (Wildman–Crippen LogP) is 3.14. The molecule has 1 aromatic heterocycles. The van der Waals surface area contributed by atoms with Gasteiger partial charge in [-0.05, 0) is 46.8 Å². The summed E-state index contributed by atoms with van der Waals surface area (Å²) in [5.41, 5.74) is 0.0437. The summed E-state index contributed by atoms with van der Waals surface area (Å²) < 4.78 is 0. The largest absolute Gasteiger partial charge is 0.365 e. The van der Waals surface area contributed by atoms with Crippen molar-refractivity contribution in [3.8, 4) is 0 Å². The van der Waals surface area contributed by atoms with Gasteiger partial charge >= 0.3 is 0 Å². The van der Waals surface area contributed by atoms with Crippen molar-refractivity contribution in [1.82, 2.24) is 4.98 Å². The van der Waals surface area contributed by atoms with E-state index in [2.05, 4.69) is 56.9 Å². The van der Waals surface area contributed by atoms with Gasteiger partial charge in [0.1, 0.15) is 11.6 Å². The highest BCUT2D eigenvalue weighted by Crippen LogP contribution is 2.17. The number of hydrogen-bond acceptors (Lipinski definition) is 3. The van der Waals surface area contributed by atoms with E-state index in [9.17, 15) is 0 Å². The lowest BCUT2D eigenvalue weighted by atomic mass is 10.1. The minimum absolute atomic E-state index is 0.0437. The Morgan fingerprint density at radius 2 is 1.88 bits per heavy atom. The molecule has 1 N–H and O–H groups in total. The summed E-state index contributed by atoms with van der Waals surface area (Å²) in [7, 11) is 2.06. The molecule has 0 saturated carbocycles. The lowest BCUT2D eigenvalue weighted by Gasteiger charge is -2.25. The van der Waals surface area contributed by atoms with E-state index >= 15 is 0 Å². The van der Waals surface area contributed by atoms with Crippen molar-refractivity contribution >= 4 is 11.6 Å². The first kappa shape index (κ1) is 12.8. The number of hydrogen-bond donors (Lipinski definition) is 1. The van der Waals surface area contributed by atoms with Crippen LogP contribution in [0.15, 0.2) is 18.2 Å². The van der Waals surface area contributed by atoms with Gasteiger partial charge in [-0.2, -0.15) is 0 Å². The maximum absolute atomic E-state index is 4.59. The smallest absolute Gasteiger partial charge is 0.130 e. The zero-order valence-electron chi connectivity index (χ0n) is 11.2. The highest BCUT2D eigenvalue weighted by molar-refractivity contribution is 5.47. The lowest BCUT2D eigenvalue weighted by Crippen LogP contribution is -2.29. The molecule has 90 valence electrons. The Balaban J connectivity index is 2.87. The summed E-state index contributed by atoms with van der Waals surface area (Å²) >= 11 is 0. The maximum Gasteiger partial charge on any atom is 0.130 e. The lowest BCUT2D eigenvalue weighted by molar-refractivity contribution is 0.630. The van der Waals surface area contributed by atoms with Crippen LogP contribution in [0.4, 0.5) is 11.6 Å². The molecule has 1 rings (SSSR count). The second-order valence-electron chi connectivity index (χ2n) is 5.46.